The van der Waals surface area contributed by atoms with Crippen LogP contribution in [-0.2, 0) is 11.2 Å². The van der Waals surface area contributed by atoms with Gasteiger partial charge in [-0.2, -0.15) is 0 Å². The molecule has 0 heterocycles. The summed E-state index contributed by atoms with van der Waals surface area (Å²) in [7, 11) is 0. The summed E-state index contributed by atoms with van der Waals surface area (Å²) in [6.07, 6.45) is 0.414. The topological polar surface area (TPSA) is 55.1 Å². The van der Waals surface area contributed by atoms with Crippen molar-refractivity contribution in [2.24, 2.45) is 11.7 Å². The fourth-order valence-electron chi connectivity index (χ4n) is 1.97. The van der Waals surface area contributed by atoms with E-state index >= 15 is 0 Å². The predicted molar refractivity (Wildman–Crippen MR) is 85.5 cm³/mol. The quantitative estimate of drug-likeness (QED) is 0.835. The van der Waals surface area contributed by atoms with E-state index in [2.05, 4.69) is 5.32 Å². The van der Waals surface area contributed by atoms with E-state index in [4.69, 9.17) is 18.0 Å². The Bertz CT molecular complexity index is 646. The van der Waals surface area contributed by atoms with Gasteiger partial charge in [0.2, 0.25) is 5.91 Å². The van der Waals surface area contributed by atoms with Crippen LogP contribution in [0.1, 0.15) is 5.56 Å². The Balaban J connectivity index is 2.11. The van der Waals surface area contributed by atoms with Crippen molar-refractivity contribution in [3.8, 4) is 0 Å². The van der Waals surface area contributed by atoms with Gasteiger partial charge in [0.1, 0.15) is 5.82 Å². The normalized spacial score (nSPS) is 11.7. The molecule has 3 nitrogen and oxygen atoms in total. The molecular weight excluding hydrogens is 287 g/mol. The van der Waals surface area contributed by atoms with Crippen LogP contribution in [0.25, 0.3) is 0 Å². The molecule has 0 spiro atoms. The smallest absolute Gasteiger partial charge is 0.234 e. The van der Waals surface area contributed by atoms with Gasteiger partial charge in [0.05, 0.1) is 10.9 Å². The van der Waals surface area contributed by atoms with E-state index in [0.29, 0.717) is 12.1 Å². The lowest BCUT2D eigenvalue weighted by Gasteiger charge is -2.15. The summed E-state index contributed by atoms with van der Waals surface area (Å²) in [5, 5.41) is 2.64. The first-order valence-electron chi connectivity index (χ1n) is 6.46. The Hall–Kier alpha value is -2.27. The Morgan fingerprint density at radius 1 is 1.19 bits per heavy atom. The van der Waals surface area contributed by atoms with E-state index in [9.17, 15) is 9.18 Å². The number of rotatable bonds is 5. The summed E-state index contributed by atoms with van der Waals surface area (Å²) in [5.74, 6) is -1.38. The van der Waals surface area contributed by atoms with Gasteiger partial charge in [0, 0.05) is 5.69 Å². The third-order valence-electron chi connectivity index (χ3n) is 3.03. The first-order valence-corrected chi connectivity index (χ1v) is 6.87. The second kappa shape index (κ2) is 6.95. The van der Waals surface area contributed by atoms with Crippen LogP contribution in [0.5, 0.6) is 0 Å². The van der Waals surface area contributed by atoms with E-state index in [1.165, 1.54) is 18.2 Å². The fraction of sp³-hybridized carbons (Fsp3) is 0.125. The minimum absolute atomic E-state index is 0.118. The van der Waals surface area contributed by atoms with Crippen molar-refractivity contribution in [2.45, 2.75) is 6.42 Å². The molecule has 108 valence electrons. The lowest BCUT2D eigenvalue weighted by Crippen LogP contribution is -2.34. The zero-order valence-corrected chi connectivity index (χ0v) is 12.1. The Labute approximate surface area is 128 Å². The Kier molecular flexibility index (Phi) is 5.00. The maximum atomic E-state index is 13.1. The van der Waals surface area contributed by atoms with E-state index in [1.54, 1.807) is 6.07 Å². The van der Waals surface area contributed by atoms with Crippen molar-refractivity contribution in [3.05, 3.63) is 66.0 Å². The average molecular weight is 302 g/mol. The summed E-state index contributed by atoms with van der Waals surface area (Å²) in [6, 6.07) is 15.2. The highest BCUT2D eigenvalue weighted by Crippen LogP contribution is 2.14. The van der Waals surface area contributed by atoms with E-state index in [-0.39, 0.29) is 10.9 Å². The van der Waals surface area contributed by atoms with Crippen LogP contribution in [0.15, 0.2) is 54.6 Å². The lowest BCUT2D eigenvalue weighted by atomic mass is 9.98. The number of anilines is 1. The largest absolute Gasteiger partial charge is 0.393 e. The first-order chi connectivity index (χ1) is 10.1. The number of thiocarbonyl (C=S) groups is 1. The van der Waals surface area contributed by atoms with Crippen molar-refractivity contribution in [1.82, 2.24) is 0 Å². The molecule has 0 aliphatic carbocycles. The number of carbonyl (C=O) groups excluding carboxylic acids is 1. The summed E-state index contributed by atoms with van der Waals surface area (Å²) >= 11 is 4.98. The molecular formula is C16H15FN2OS. The molecule has 2 rings (SSSR count). The standard InChI is InChI=1S/C16H15FN2OS/c17-12-7-4-8-13(10-12)19-16(20)14(15(18)21)9-11-5-2-1-3-6-11/h1-8,10,14H,9H2,(H2,18,21)(H,19,20). The van der Waals surface area contributed by atoms with Gasteiger partial charge in [0.15, 0.2) is 0 Å². The van der Waals surface area contributed by atoms with Gasteiger partial charge in [-0.3, -0.25) is 4.79 Å². The van der Waals surface area contributed by atoms with E-state index in [0.717, 1.165) is 5.56 Å². The van der Waals surface area contributed by atoms with Crippen molar-refractivity contribution in [2.75, 3.05) is 5.32 Å². The molecule has 0 saturated heterocycles. The van der Waals surface area contributed by atoms with Crippen LogP contribution < -0.4 is 11.1 Å². The first kappa shape index (κ1) is 15.1. The molecule has 2 aromatic carbocycles. The molecule has 5 heteroatoms. The zero-order valence-electron chi connectivity index (χ0n) is 11.3. The monoisotopic (exact) mass is 302 g/mol. The number of carbonyl (C=O) groups is 1. The molecule has 0 aliphatic heterocycles. The van der Waals surface area contributed by atoms with Crippen LogP contribution in [0.3, 0.4) is 0 Å². The highest BCUT2D eigenvalue weighted by Gasteiger charge is 2.22. The molecule has 2 aromatic rings. The molecule has 3 N–H and O–H groups in total. The number of hydrogen-bond donors (Lipinski definition) is 2. The maximum Gasteiger partial charge on any atom is 0.234 e. The molecule has 0 saturated carbocycles. The van der Waals surface area contributed by atoms with Gasteiger partial charge < -0.3 is 11.1 Å². The molecule has 0 fully saturated rings. The molecule has 0 bridgehead atoms. The number of hydrogen-bond acceptors (Lipinski definition) is 2. The SMILES string of the molecule is NC(=S)C(Cc1ccccc1)C(=O)Nc1cccc(F)c1. The third kappa shape index (κ3) is 4.36. The van der Waals surface area contributed by atoms with Crippen LogP contribution in [-0.4, -0.2) is 10.9 Å². The highest BCUT2D eigenvalue weighted by atomic mass is 32.1. The average Bonchev–Trinajstić information content (AvgIpc) is 2.45. The van der Waals surface area contributed by atoms with Gasteiger partial charge in [-0.25, -0.2) is 4.39 Å². The zero-order chi connectivity index (χ0) is 15.2. The number of nitrogens with two attached hydrogens (primary N) is 1. The number of benzene rings is 2. The predicted octanol–water partition coefficient (Wildman–Crippen LogP) is 2.91. The van der Waals surface area contributed by atoms with E-state index in [1.807, 2.05) is 30.3 Å². The van der Waals surface area contributed by atoms with Gasteiger partial charge in [-0.1, -0.05) is 48.6 Å². The van der Waals surface area contributed by atoms with Gasteiger partial charge >= 0.3 is 0 Å². The molecule has 0 aromatic heterocycles. The molecule has 21 heavy (non-hydrogen) atoms. The van der Waals surface area contributed by atoms with Crippen LogP contribution in [0.4, 0.5) is 10.1 Å². The second-order valence-corrected chi connectivity index (χ2v) is 5.12. The fourth-order valence-corrected chi connectivity index (χ4v) is 2.16. The van der Waals surface area contributed by atoms with Crippen LogP contribution in [0.2, 0.25) is 0 Å². The highest BCUT2D eigenvalue weighted by molar-refractivity contribution is 7.80. The molecule has 1 unspecified atom stereocenters. The molecule has 0 aliphatic rings. The van der Waals surface area contributed by atoms with Crippen LogP contribution >= 0.6 is 12.2 Å². The van der Waals surface area contributed by atoms with Crippen molar-refractivity contribution < 1.29 is 9.18 Å². The summed E-state index contributed by atoms with van der Waals surface area (Å²) in [4.78, 5) is 12.4. The summed E-state index contributed by atoms with van der Waals surface area (Å²) < 4.78 is 13.1. The van der Waals surface area contributed by atoms with Gasteiger partial charge in [0.25, 0.3) is 0 Å². The van der Waals surface area contributed by atoms with Crippen molar-refractivity contribution in [1.29, 1.82) is 0 Å². The van der Waals surface area contributed by atoms with E-state index < -0.39 is 11.7 Å². The Morgan fingerprint density at radius 2 is 1.90 bits per heavy atom. The van der Waals surface area contributed by atoms with Crippen molar-refractivity contribution >= 4 is 28.8 Å². The van der Waals surface area contributed by atoms with Gasteiger partial charge in [-0.05, 0) is 30.2 Å². The minimum Gasteiger partial charge on any atom is -0.393 e. The third-order valence-corrected chi connectivity index (χ3v) is 3.32. The maximum absolute atomic E-state index is 13.1. The summed E-state index contributed by atoms with van der Waals surface area (Å²) in [6.45, 7) is 0. The Morgan fingerprint density at radius 3 is 2.52 bits per heavy atom. The second-order valence-electron chi connectivity index (χ2n) is 4.64. The number of amides is 1. The van der Waals surface area contributed by atoms with Gasteiger partial charge in [-0.15, -0.1) is 0 Å². The number of halogens is 1. The molecule has 1 atom stereocenters. The van der Waals surface area contributed by atoms with Crippen molar-refractivity contribution in [3.63, 3.8) is 0 Å². The number of nitrogens with one attached hydrogen (secondary N) is 1. The lowest BCUT2D eigenvalue weighted by molar-refractivity contribution is -0.118. The summed E-state index contributed by atoms with van der Waals surface area (Å²) in [5.41, 5.74) is 7.01. The molecule has 0 radical (unpaired) electrons. The minimum atomic E-state index is -0.634. The molecule has 1 amide bonds. The van der Waals surface area contributed by atoms with Crippen LogP contribution in [0, 0.1) is 11.7 Å².